The summed E-state index contributed by atoms with van der Waals surface area (Å²) in [6.07, 6.45) is 1.69. The molecule has 0 heterocycles. The molecule has 2 nitrogen and oxygen atoms in total. The Morgan fingerprint density at radius 2 is 1.50 bits per heavy atom. The van der Waals surface area contributed by atoms with Crippen molar-refractivity contribution < 1.29 is 9.53 Å². The molecule has 0 saturated carbocycles. The highest BCUT2D eigenvalue weighted by Crippen LogP contribution is 2.21. The largest absolute Gasteiger partial charge is 0.485 e. The third kappa shape index (κ3) is 2.48. The van der Waals surface area contributed by atoms with Gasteiger partial charge in [-0.25, -0.2) is 0 Å². The van der Waals surface area contributed by atoms with E-state index in [0.29, 0.717) is 5.75 Å². The van der Waals surface area contributed by atoms with Gasteiger partial charge in [-0.3, -0.25) is 4.79 Å². The van der Waals surface area contributed by atoms with E-state index in [1.54, 1.807) is 6.29 Å². The SMILES string of the molecule is O=[C]COc1ccc(-c2ccccc2)cc1. The molecule has 2 rings (SSSR count). The fourth-order valence-electron chi connectivity index (χ4n) is 1.49. The van der Waals surface area contributed by atoms with Crippen LogP contribution in [-0.2, 0) is 4.79 Å². The van der Waals surface area contributed by atoms with Crippen molar-refractivity contribution in [2.75, 3.05) is 6.61 Å². The number of carbonyl (C=O) groups excluding carboxylic acids is 1. The van der Waals surface area contributed by atoms with Crippen LogP contribution in [0.2, 0.25) is 0 Å². The summed E-state index contributed by atoms with van der Waals surface area (Å²) >= 11 is 0. The maximum atomic E-state index is 10.0. The Morgan fingerprint density at radius 3 is 2.12 bits per heavy atom. The second-order valence-electron chi connectivity index (χ2n) is 3.32. The summed E-state index contributed by atoms with van der Waals surface area (Å²) in [5.41, 5.74) is 2.29. The lowest BCUT2D eigenvalue weighted by Crippen LogP contribution is -1.96. The molecule has 0 aliphatic rings. The van der Waals surface area contributed by atoms with Crippen molar-refractivity contribution in [1.82, 2.24) is 0 Å². The van der Waals surface area contributed by atoms with Gasteiger partial charge in [0.25, 0.3) is 0 Å². The van der Waals surface area contributed by atoms with E-state index in [2.05, 4.69) is 12.1 Å². The van der Waals surface area contributed by atoms with Crippen LogP contribution in [0.4, 0.5) is 0 Å². The van der Waals surface area contributed by atoms with Crippen molar-refractivity contribution in [3.05, 3.63) is 54.6 Å². The van der Waals surface area contributed by atoms with Gasteiger partial charge in [0.1, 0.15) is 5.75 Å². The molecule has 0 saturated heterocycles. The average Bonchev–Trinajstić information content (AvgIpc) is 2.38. The van der Waals surface area contributed by atoms with Crippen molar-refractivity contribution in [2.45, 2.75) is 0 Å². The van der Waals surface area contributed by atoms with Crippen molar-refractivity contribution >= 4 is 6.29 Å². The first-order valence-corrected chi connectivity index (χ1v) is 5.03. The maximum Gasteiger partial charge on any atom is 0.239 e. The van der Waals surface area contributed by atoms with E-state index in [1.165, 1.54) is 0 Å². The third-order valence-electron chi connectivity index (χ3n) is 2.26. The van der Waals surface area contributed by atoms with Gasteiger partial charge >= 0.3 is 0 Å². The minimum absolute atomic E-state index is 0.0231. The fourth-order valence-corrected chi connectivity index (χ4v) is 1.49. The summed E-state index contributed by atoms with van der Waals surface area (Å²) in [5, 5.41) is 0. The molecule has 0 aliphatic heterocycles. The molecule has 0 bridgehead atoms. The molecule has 2 aromatic rings. The van der Waals surface area contributed by atoms with E-state index in [-0.39, 0.29) is 6.61 Å². The molecule has 2 heteroatoms. The monoisotopic (exact) mass is 211 g/mol. The Hall–Kier alpha value is -2.09. The molecule has 1 radical (unpaired) electrons. The van der Waals surface area contributed by atoms with Crippen LogP contribution in [0, 0.1) is 0 Å². The second kappa shape index (κ2) is 5.12. The van der Waals surface area contributed by atoms with Gasteiger partial charge in [0.2, 0.25) is 6.29 Å². The molecule has 0 fully saturated rings. The Labute approximate surface area is 94.5 Å². The average molecular weight is 211 g/mol. The zero-order valence-electron chi connectivity index (χ0n) is 8.72. The molecule has 0 spiro atoms. The minimum atomic E-state index is -0.0231. The number of benzene rings is 2. The van der Waals surface area contributed by atoms with Gasteiger partial charge in [0.05, 0.1) is 0 Å². The van der Waals surface area contributed by atoms with Gasteiger partial charge in [0, 0.05) is 0 Å². The Balaban J connectivity index is 2.16. The van der Waals surface area contributed by atoms with Gasteiger partial charge in [-0.05, 0) is 23.3 Å². The highest BCUT2D eigenvalue weighted by molar-refractivity contribution is 5.64. The van der Waals surface area contributed by atoms with E-state index in [1.807, 2.05) is 42.5 Å². The van der Waals surface area contributed by atoms with Gasteiger partial charge < -0.3 is 4.74 Å². The third-order valence-corrected chi connectivity index (χ3v) is 2.26. The number of hydrogen-bond acceptors (Lipinski definition) is 2. The van der Waals surface area contributed by atoms with Crippen molar-refractivity contribution in [2.24, 2.45) is 0 Å². The molecule has 79 valence electrons. The smallest absolute Gasteiger partial charge is 0.239 e. The quantitative estimate of drug-likeness (QED) is 0.777. The molecular formula is C14H11O2. The maximum absolute atomic E-state index is 10.0. The summed E-state index contributed by atoms with van der Waals surface area (Å²) in [5.74, 6) is 0.683. The van der Waals surface area contributed by atoms with Crippen molar-refractivity contribution in [3.63, 3.8) is 0 Å². The topological polar surface area (TPSA) is 26.3 Å². The van der Waals surface area contributed by atoms with E-state index < -0.39 is 0 Å². The van der Waals surface area contributed by atoms with Crippen LogP contribution in [0.15, 0.2) is 54.6 Å². The summed E-state index contributed by atoms with van der Waals surface area (Å²) in [6.45, 7) is -0.0231. The van der Waals surface area contributed by atoms with E-state index in [9.17, 15) is 4.79 Å². The van der Waals surface area contributed by atoms with Crippen LogP contribution in [0.1, 0.15) is 0 Å². The van der Waals surface area contributed by atoms with Crippen LogP contribution in [0.3, 0.4) is 0 Å². The van der Waals surface area contributed by atoms with Crippen LogP contribution >= 0.6 is 0 Å². The number of ether oxygens (including phenoxy) is 1. The first-order valence-electron chi connectivity index (χ1n) is 5.03. The molecular weight excluding hydrogens is 200 g/mol. The highest BCUT2D eigenvalue weighted by Gasteiger charge is 1.97. The lowest BCUT2D eigenvalue weighted by Gasteiger charge is -2.04. The highest BCUT2D eigenvalue weighted by atomic mass is 16.5. The Kier molecular flexibility index (Phi) is 3.34. The van der Waals surface area contributed by atoms with E-state index in [0.717, 1.165) is 11.1 Å². The second-order valence-corrected chi connectivity index (χ2v) is 3.32. The predicted molar refractivity (Wildman–Crippen MR) is 63.1 cm³/mol. The molecule has 0 aromatic heterocycles. The van der Waals surface area contributed by atoms with Crippen LogP contribution in [-0.4, -0.2) is 12.9 Å². The van der Waals surface area contributed by atoms with Crippen LogP contribution in [0.5, 0.6) is 5.75 Å². The number of hydrogen-bond donors (Lipinski definition) is 0. The molecule has 0 amide bonds. The van der Waals surface area contributed by atoms with Gasteiger partial charge in [0.15, 0.2) is 6.61 Å². The Bertz CT molecular complexity index is 446. The van der Waals surface area contributed by atoms with E-state index >= 15 is 0 Å². The predicted octanol–water partition coefficient (Wildman–Crippen LogP) is 2.84. The lowest BCUT2D eigenvalue weighted by atomic mass is 10.1. The summed E-state index contributed by atoms with van der Waals surface area (Å²) in [6, 6.07) is 17.7. The molecule has 16 heavy (non-hydrogen) atoms. The summed E-state index contributed by atoms with van der Waals surface area (Å²) in [7, 11) is 0. The zero-order chi connectivity index (χ0) is 11.2. The summed E-state index contributed by atoms with van der Waals surface area (Å²) < 4.78 is 5.12. The zero-order valence-corrected chi connectivity index (χ0v) is 8.72. The molecule has 0 atom stereocenters. The van der Waals surface area contributed by atoms with E-state index in [4.69, 9.17) is 4.74 Å². The fraction of sp³-hybridized carbons (Fsp3) is 0.0714. The first-order chi connectivity index (χ1) is 7.90. The summed E-state index contributed by atoms with van der Waals surface area (Å²) in [4.78, 5) is 10.0. The van der Waals surface area contributed by atoms with Crippen LogP contribution in [0.25, 0.3) is 11.1 Å². The standard InChI is InChI=1S/C14H11O2/c15-10-11-16-14-8-6-13(7-9-14)12-4-2-1-3-5-12/h1-9H,11H2. The normalized spacial score (nSPS) is 9.75. The molecule has 0 unspecified atom stereocenters. The van der Waals surface area contributed by atoms with Crippen molar-refractivity contribution in [1.29, 1.82) is 0 Å². The molecule has 0 N–H and O–H groups in total. The molecule has 0 aliphatic carbocycles. The lowest BCUT2D eigenvalue weighted by molar-refractivity contribution is 0.365. The van der Waals surface area contributed by atoms with Crippen LogP contribution < -0.4 is 4.74 Å². The van der Waals surface area contributed by atoms with Gasteiger partial charge in [-0.1, -0.05) is 42.5 Å². The minimum Gasteiger partial charge on any atom is -0.485 e. The van der Waals surface area contributed by atoms with Gasteiger partial charge in [-0.15, -0.1) is 0 Å². The first kappa shape index (κ1) is 10.4. The van der Waals surface area contributed by atoms with Crippen molar-refractivity contribution in [3.8, 4) is 16.9 Å². The number of rotatable bonds is 4. The Morgan fingerprint density at radius 1 is 0.875 bits per heavy atom. The van der Waals surface area contributed by atoms with Gasteiger partial charge in [-0.2, -0.15) is 0 Å². The molecule has 2 aromatic carbocycles.